The van der Waals surface area contributed by atoms with Crippen molar-refractivity contribution in [2.24, 2.45) is 0 Å². The smallest absolute Gasteiger partial charge is 0.0613 e. The highest BCUT2D eigenvalue weighted by atomic mass is 28.3. The van der Waals surface area contributed by atoms with Crippen LogP contribution in [-0.4, -0.2) is 16.1 Å². The summed E-state index contributed by atoms with van der Waals surface area (Å²) in [6.07, 6.45) is 5.66. The fourth-order valence-electron chi connectivity index (χ4n) is 9.18. The summed E-state index contributed by atoms with van der Waals surface area (Å²) >= 11 is 0. The van der Waals surface area contributed by atoms with Crippen LogP contribution in [-0.2, 0) is 0 Å². The van der Waals surface area contributed by atoms with Crippen molar-refractivity contribution in [1.29, 1.82) is 0 Å². The van der Waals surface area contributed by atoms with Gasteiger partial charge >= 0.3 is 0 Å². The highest BCUT2D eigenvalue weighted by Gasteiger charge is 2.50. The number of rotatable bonds is 2. The Morgan fingerprint density at radius 1 is 0.474 bits per heavy atom. The first-order chi connectivity index (χ1) is 18.4. The molecule has 192 valence electrons. The molecule has 4 aliphatic heterocycles. The average Bonchev–Trinajstić information content (AvgIpc) is 3.71. The average molecular weight is 529 g/mol. The second-order valence-electron chi connectivity index (χ2n) is 13.6. The first-order valence-corrected chi connectivity index (χ1v) is 20.2. The number of hydrogen-bond donors (Lipinski definition) is 0. The second-order valence-corrected chi connectivity index (χ2v) is 22.1. The van der Waals surface area contributed by atoms with Gasteiger partial charge in [-0.2, -0.15) is 0 Å². The summed E-state index contributed by atoms with van der Waals surface area (Å²) in [5.41, 5.74) is 9.49. The molecule has 0 aromatic heterocycles. The molecule has 4 aromatic carbocycles. The third-order valence-electron chi connectivity index (χ3n) is 11.1. The Kier molecular flexibility index (Phi) is 4.97. The zero-order valence-electron chi connectivity index (χ0n) is 23.6. The normalized spacial score (nSPS) is 19.6. The molecule has 2 heteroatoms. The van der Waals surface area contributed by atoms with Gasteiger partial charge in [0.25, 0.3) is 0 Å². The van der Waals surface area contributed by atoms with Gasteiger partial charge in [-0.3, -0.25) is 0 Å². The molecule has 4 aromatic rings. The molecule has 0 radical (unpaired) electrons. The molecule has 4 heterocycles. The van der Waals surface area contributed by atoms with Crippen LogP contribution in [0, 0.1) is 0 Å². The van der Waals surface area contributed by atoms with Gasteiger partial charge in [0.05, 0.1) is 0 Å². The molecule has 0 aliphatic carbocycles. The first kappa shape index (κ1) is 23.5. The number of hydrogen-bond acceptors (Lipinski definition) is 0. The van der Waals surface area contributed by atoms with Crippen LogP contribution in [0.3, 0.4) is 0 Å². The van der Waals surface area contributed by atoms with E-state index in [4.69, 9.17) is 0 Å². The molecule has 0 nitrogen and oxygen atoms in total. The SMILES string of the molecule is CC(C)c1ccc2c(c1)[Si]1(CCCC1)c1ccc3c4c(ccc3c1-2)[Si]1(CCCC1)c1cc(C(C)C)ccc1-4. The van der Waals surface area contributed by atoms with E-state index in [0.717, 1.165) is 0 Å². The van der Waals surface area contributed by atoms with Gasteiger partial charge in [0.2, 0.25) is 0 Å². The van der Waals surface area contributed by atoms with E-state index in [9.17, 15) is 0 Å². The van der Waals surface area contributed by atoms with Crippen molar-refractivity contribution in [3.8, 4) is 22.3 Å². The Bertz CT molecular complexity index is 1500. The molecule has 2 saturated heterocycles. The minimum absolute atomic E-state index is 0.594. The highest BCUT2D eigenvalue weighted by Crippen LogP contribution is 2.46. The summed E-state index contributed by atoms with van der Waals surface area (Å²) < 4.78 is 0. The van der Waals surface area contributed by atoms with Crippen LogP contribution in [0.1, 0.15) is 76.3 Å². The predicted molar refractivity (Wildman–Crippen MR) is 171 cm³/mol. The Balaban J connectivity index is 1.43. The first-order valence-electron chi connectivity index (χ1n) is 15.3. The van der Waals surface area contributed by atoms with Gasteiger partial charge in [0, 0.05) is 0 Å². The molecule has 8 rings (SSSR count). The molecule has 0 bridgehead atoms. The Hall–Kier alpha value is -2.43. The molecule has 0 N–H and O–H groups in total. The van der Waals surface area contributed by atoms with Gasteiger partial charge in [-0.25, -0.2) is 0 Å². The maximum Gasteiger partial charge on any atom is 0.119 e. The van der Waals surface area contributed by atoms with Crippen molar-refractivity contribution in [3.05, 3.63) is 71.8 Å². The van der Waals surface area contributed by atoms with Crippen molar-refractivity contribution in [2.45, 2.75) is 89.4 Å². The monoisotopic (exact) mass is 528 g/mol. The van der Waals surface area contributed by atoms with E-state index in [2.05, 4.69) is 88.4 Å². The highest BCUT2D eigenvalue weighted by molar-refractivity contribution is 7.07. The maximum absolute atomic E-state index is 2.65. The van der Waals surface area contributed by atoms with E-state index >= 15 is 0 Å². The second kappa shape index (κ2) is 8.05. The molecular weight excluding hydrogens is 489 g/mol. The third kappa shape index (κ3) is 2.86. The lowest BCUT2D eigenvalue weighted by Crippen LogP contribution is -2.53. The molecule has 38 heavy (non-hydrogen) atoms. The number of benzene rings is 4. The predicted octanol–water partition coefficient (Wildman–Crippen LogP) is 7.76. The van der Waals surface area contributed by atoms with Gasteiger partial charge in [-0.15, -0.1) is 0 Å². The van der Waals surface area contributed by atoms with E-state index in [1.54, 1.807) is 53.8 Å². The zero-order chi connectivity index (χ0) is 25.8. The van der Waals surface area contributed by atoms with Crippen LogP contribution < -0.4 is 20.7 Å². The Morgan fingerprint density at radius 3 is 1.24 bits per heavy atom. The lowest BCUT2D eigenvalue weighted by Gasteiger charge is -2.25. The Labute approximate surface area is 230 Å². The topological polar surface area (TPSA) is 0 Å². The van der Waals surface area contributed by atoms with Gasteiger partial charge < -0.3 is 0 Å². The quantitative estimate of drug-likeness (QED) is 0.233. The molecule has 0 unspecified atom stereocenters. The van der Waals surface area contributed by atoms with E-state index in [-0.39, 0.29) is 0 Å². The summed E-state index contributed by atoms with van der Waals surface area (Å²) in [5, 5.41) is 10.2. The van der Waals surface area contributed by atoms with Gasteiger partial charge in [0.1, 0.15) is 16.1 Å². The van der Waals surface area contributed by atoms with Gasteiger partial charge in [-0.1, -0.05) is 114 Å². The minimum Gasteiger partial charge on any atom is -0.0613 e. The van der Waals surface area contributed by atoms with Gasteiger partial charge in [0.15, 0.2) is 0 Å². The summed E-state index contributed by atoms with van der Waals surface area (Å²) in [6, 6.07) is 31.4. The maximum atomic E-state index is 2.65. The largest absolute Gasteiger partial charge is 0.119 e. The molecular formula is C36H40Si2. The van der Waals surface area contributed by atoms with Crippen LogP contribution in [0.15, 0.2) is 60.7 Å². The summed E-state index contributed by atoms with van der Waals surface area (Å²) in [4.78, 5) is 0. The standard InChI is InChI=1S/C36H40Si2/c1-23(2)25-9-11-29-33(21-25)37(17-5-6-18-37)31-15-13-28-27(35(29)31)14-16-32-36(28)30-12-10-26(24(3)4)22-34(30)38(32)19-7-8-20-38/h9-16,21-24H,5-8,17-20H2,1-4H3. The Morgan fingerprint density at radius 2 is 0.868 bits per heavy atom. The summed E-state index contributed by atoms with van der Waals surface area (Å²) in [6.45, 7) is 9.43. The van der Waals surface area contributed by atoms with E-state index in [1.807, 2.05) is 0 Å². The van der Waals surface area contributed by atoms with E-state index in [0.29, 0.717) is 11.8 Å². The van der Waals surface area contributed by atoms with Crippen molar-refractivity contribution in [1.82, 2.24) is 0 Å². The fourth-order valence-corrected chi connectivity index (χ4v) is 20.5. The summed E-state index contributed by atoms with van der Waals surface area (Å²) in [7, 11) is -3.29. The molecule has 0 saturated carbocycles. The minimum atomic E-state index is -1.65. The van der Waals surface area contributed by atoms with Crippen molar-refractivity contribution in [3.63, 3.8) is 0 Å². The lowest BCUT2D eigenvalue weighted by atomic mass is 9.91. The van der Waals surface area contributed by atoms with Crippen LogP contribution in [0.25, 0.3) is 33.0 Å². The van der Waals surface area contributed by atoms with Crippen LogP contribution in [0.4, 0.5) is 0 Å². The van der Waals surface area contributed by atoms with Crippen molar-refractivity contribution < 1.29 is 0 Å². The van der Waals surface area contributed by atoms with Crippen LogP contribution in [0.2, 0.25) is 24.2 Å². The molecule has 0 amide bonds. The van der Waals surface area contributed by atoms with Crippen molar-refractivity contribution in [2.75, 3.05) is 0 Å². The molecule has 0 atom stereocenters. The van der Waals surface area contributed by atoms with Gasteiger partial charge in [-0.05, 0) is 101 Å². The summed E-state index contributed by atoms with van der Waals surface area (Å²) in [5.74, 6) is 1.19. The van der Waals surface area contributed by atoms with Crippen LogP contribution in [0.5, 0.6) is 0 Å². The molecule has 2 fully saturated rings. The zero-order valence-corrected chi connectivity index (χ0v) is 25.6. The third-order valence-corrected chi connectivity index (χ3v) is 21.8. The van der Waals surface area contributed by atoms with Crippen molar-refractivity contribution >= 4 is 47.7 Å². The lowest BCUT2D eigenvalue weighted by molar-refractivity contribution is 0.868. The molecule has 2 spiro atoms. The van der Waals surface area contributed by atoms with Crippen LogP contribution >= 0.6 is 0 Å². The van der Waals surface area contributed by atoms with E-state index < -0.39 is 16.1 Å². The molecule has 4 aliphatic rings. The fraction of sp³-hybridized carbons (Fsp3) is 0.389. The van der Waals surface area contributed by atoms with E-state index in [1.165, 1.54) is 61.0 Å². The number of fused-ring (bicyclic) bond motifs is 13.